The molecule has 0 fully saturated rings. The third-order valence-electron chi connectivity index (χ3n) is 2.63. The summed E-state index contributed by atoms with van der Waals surface area (Å²) in [5, 5.41) is 11.5. The monoisotopic (exact) mass is 328 g/mol. The molecule has 0 unspecified atom stereocenters. The summed E-state index contributed by atoms with van der Waals surface area (Å²) in [6, 6.07) is 4.34. The second-order valence-corrected chi connectivity index (χ2v) is 4.79. The summed E-state index contributed by atoms with van der Waals surface area (Å²) in [6.45, 7) is 0. The van der Waals surface area contributed by atoms with E-state index in [0.29, 0.717) is 0 Å². The van der Waals surface area contributed by atoms with Crippen LogP contribution in [-0.2, 0) is 6.18 Å². The van der Waals surface area contributed by atoms with Crippen LogP contribution in [0.2, 0.25) is 0 Å². The summed E-state index contributed by atoms with van der Waals surface area (Å²) < 4.78 is 52.6. The fraction of sp³-hybridized carbons (Fsp3) is 0.154. The highest BCUT2D eigenvalue weighted by molar-refractivity contribution is 7.98. The number of para-hydroxylation sites is 1. The van der Waals surface area contributed by atoms with E-state index in [4.69, 9.17) is 5.26 Å². The summed E-state index contributed by atoms with van der Waals surface area (Å²) in [7, 11) is 0. The Labute approximate surface area is 127 Å². The predicted molar refractivity (Wildman–Crippen MR) is 73.2 cm³/mol. The summed E-state index contributed by atoms with van der Waals surface area (Å²) in [5.74, 6) is -1.28. The zero-order valence-corrected chi connectivity index (χ0v) is 11.9. The Hall–Kier alpha value is -2.34. The molecule has 0 radical (unpaired) electrons. The molecule has 2 rings (SSSR count). The van der Waals surface area contributed by atoms with Crippen molar-refractivity contribution in [2.45, 2.75) is 11.3 Å². The molecule has 1 heterocycles. The van der Waals surface area contributed by atoms with Crippen LogP contribution < -0.4 is 5.32 Å². The standard InChI is InChI=1S/C13H8F4N4S/c1-22-12-19-6-7(5-18)11(21-12)20-10-8(13(15,16)17)3-2-4-9(10)14/h2-4,6H,1H3,(H,19,20,21). The van der Waals surface area contributed by atoms with E-state index in [2.05, 4.69) is 15.3 Å². The minimum Gasteiger partial charge on any atom is -0.336 e. The van der Waals surface area contributed by atoms with Gasteiger partial charge in [0, 0.05) is 0 Å². The number of hydrogen-bond donors (Lipinski definition) is 1. The van der Waals surface area contributed by atoms with E-state index in [1.165, 1.54) is 0 Å². The molecule has 1 aromatic heterocycles. The van der Waals surface area contributed by atoms with Crippen LogP contribution in [0.3, 0.4) is 0 Å². The van der Waals surface area contributed by atoms with Gasteiger partial charge in [-0.05, 0) is 18.4 Å². The average Bonchev–Trinajstić information content (AvgIpc) is 2.48. The van der Waals surface area contributed by atoms with Crippen molar-refractivity contribution < 1.29 is 17.6 Å². The van der Waals surface area contributed by atoms with Crippen LogP contribution in [-0.4, -0.2) is 16.2 Å². The molecule has 0 atom stereocenters. The van der Waals surface area contributed by atoms with Gasteiger partial charge in [0.05, 0.1) is 17.4 Å². The van der Waals surface area contributed by atoms with Gasteiger partial charge in [-0.2, -0.15) is 18.4 Å². The van der Waals surface area contributed by atoms with Gasteiger partial charge in [-0.25, -0.2) is 14.4 Å². The number of rotatable bonds is 3. The van der Waals surface area contributed by atoms with Crippen molar-refractivity contribution in [2.24, 2.45) is 0 Å². The molecule has 9 heteroatoms. The van der Waals surface area contributed by atoms with E-state index in [-0.39, 0.29) is 16.5 Å². The number of hydrogen-bond acceptors (Lipinski definition) is 5. The van der Waals surface area contributed by atoms with Crippen LogP contribution in [0.15, 0.2) is 29.6 Å². The lowest BCUT2D eigenvalue weighted by atomic mass is 10.1. The SMILES string of the molecule is CSc1ncc(C#N)c(Nc2c(F)cccc2C(F)(F)F)n1. The van der Waals surface area contributed by atoms with E-state index < -0.39 is 23.2 Å². The van der Waals surface area contributed by atoms with Gasteiger partial charge >= 0.3 is 6.18 Å². The van der Waals surface area contributed by atoms with Crippen LogP contribution in [0.25, 0.3) is 0 Å². The molecule has 114 valence electrons. The summed E-state index contributed by atoms with van der Waals surface area (Å²) in [5.41, 5.74) is -2.05. The molecule has 2 aromatic rings. The lowest BCUT2D eigenvalue weighted by Gasteiger charge is -2.15. The van der Waals surface area contributed by atoms with Crippen LogP contribution >= 0.6 is 11.8 Å². The quantitative estimate of drug-likeness (QED) is 0.525. The Morgan fingerprint density at radius 2 is 2.05 bits per heavy atom. The molecule has 22 heavy (non-hydrogen) atoms. The fourth-order valence-electron chi connectivity index (χ4n) is 1.65. The fourth-order valence-corrected chi connectivity index (χ4v) is 1.99. The van der Waals surface area contributed by atoms with E-state index >= 15 is 0 Å². The number of thioether (sulfide) groups is 1. The zero-order chi connectivity index (χ0) is 16.3. The molecule has 0 saturated heterocycles. The number of benzene rings is 1. The molecule has 1 N–H and O–H groups in total. The summed E-state index contributed by atoms with van der Waals surface area (Å²) in [6.07, 6.45) is -1.92. The number of nitrogens with one attached hydrogen (secondary N) is 1. The molecule has 0 aliphatic heterocycles. The van der Waals surface area contributed by atoms with Crippen LogP contribution in [0.1, 0.15) is 11.1 Å². The van der Waals surface area contributed by atoms with E-state index in [1.54, 1.807) is 12.3 Å². The van der Waals surface area contributed by atoms with E-state index in [9.17, 15) is 17.6 Å². The first-order valence-corrected chi connectivity index (χ1v) is 7.03. The Morgan fingerprint density at radius 1 is 1.32 bits per heavy atom. The van der Waals surface area contributed by atoms with Crippen molar-refractivity contribution in [1.29, 1.82) is 5.26 Å². The number of nitrogens with zero attached hydrogens (tertiary/aromatic N) is 3. The van der Waals surface area contributed by atoms with Gasteiger partial charge in [-0.1, -0.05) is 17.8 Å². The molecule has 4 nitrogen and oxygen atoms in total. The first-order valence-electron chi connectivity index (χ1n) is 5.80. The van der Waals surface area contributed by atoms with Crippen molar-refractivity contribution in [3.8, 4) is 6.07 Å². The molecular weight excluding hydrogens is 320 g/mol. The van der Waals surface area contributed by atoms with E-state index in [0.717, 1.165) is 36.2 Å². The molecular formula is C13H8F4N4S. The van der Waals surface area contributed by atoms with Gasteiger partial charge in [0.1, 0.15) is 17.4 Å². The predicted octanol–water partition coefficient (Wildman–Crippen LogP) is 3.97. The largest absolute Gasteiger partial charge is 0.418 e. The molecule has 0 spiro atoms. The minimum absolute atomic E-state index is 0.0887. The topological polar surface area (TPSA) is 61.6 Å². The van der Waals surface area contributed by atoms with Crippen molar-refractivity contribution in [1.82, 2.24) is 9.97 Å². The number of alkyl halides is 3. The number of nitriles is 1. The second-order valence-electron chi connectivity index (χ2n) is 4.02. The maximum Gasteiger partial charge on any atom is 0.418 e. The normalized spacial score (nSPS) is 11.1. The molecule has 1 aromatic carbocycles. The van der Waals surface area contributed by atoms with Gasteiger partial charge in [-0.3, -0.25) is 0 Å². The summed E-state index contributed by atoms with van der Waals surface area (Å²) >= 11 is 1.14. The van der Waals surface area contributed by atoms with Gasteiger partial charge in [0.2, 0.25) is 0 Å². The average molecular weight is 328 g/mol. The third kappa shape index (κ3) is 3.28. The minimum atomic E-state index is -4.74. The number of aromatic nitrogens is 2. The van der Waals surface area contributed by atoms with E-state index in [1.807, 2.05) is 0 Å². The maximum atomic E-state index is 13.8. The van der Waals surface area contributed by atoms with Gasteiger partial charge < -0.3 is 5.32 Å². The Balaban J connectivity index is 2.55. The maximum absolute atomic E-state index is 13.8. The van der Waals surface area contributed by atoms with Crippen LogP contribution in [0, 0.1) is 17.1 Å². The zero-order valence-electron chi connectivity index (χ0n) is 11.1. The van der Waals surface area contributed by atoms with Crippen molar-refractivity contribution in [3.05, 3.63) is 41.3 Å². The molecule has 0 bridgehead atoms. The lowest BCUT2D eigenvalue weighted by molar-refractivity contribution is -0.137. The second kappa shape index (κ2) is 6.19. The number of anilines is 2. The highest BCUT2D eigenvalue weighted by atomic mass is 32.2. The van der Waals surface area contributed by atoms with Gasteiger partial charge in [0.25, 0.3) is 0 Å². The smallest absolute Gasteiger partial charge is 0.336 e. The van der Waals surface area contributed by atoms with Crippen LogP contribution in [0.4, 0.5) is 29.1 Å². The Kier molecular flexibility index (Phi) is 4.51. The molecule has 0 aliphatic carbocycles. The first-order chi connectivity index (χ1) is 10.4. The van der Waals surface area contributed by atoms with Gasteiger partial charge in [-0.15, -0.1) is 0 Å². The highest BCUT2D eigenvalue weighted by Gasteiger charge is 2.35. The van der Waals surface area contributed by atoms with Crippen molar-refractivity contribution >= 4 is 23.3 Å². The van der Waals surface area contributed by atoms with Crippen molar-refractivity contribution in [2.75, 3.05) is 11.6 Å². The third-order valence-corrected chi connectivity index (χ3v) is 3.19. The van der Waals surface area contributed by atoms with Crippen molar-refractivity contribution in [3.63, 3.8) is 0 Å². The molecule has 0 saturated carbocycles. The first kappa shape index (κ1) is 16.0. The summed E-state index contributed by atoms with van der Waals surface area (Å²) in [4.78, 5) is 7.74. The Bertz CT molecular complexity index is 740. The lowest BCUT2D eigenvalue weighted by Crippen LogP contribution is -2.11. The molecule has 0 aliphatic rings. The number of halogens is 4. The van der Waals surface area contributed by atoms with Crippen LogP contribution in [0.5, 0.6) is 0 Å². The Morgan fingerprint density at radius 3 is 2.64 bits per heavy atom. The molecule has 0 amide bonds. The van der Waals surface area contributed by atoms with Gasteiger partial charge in [0.15, 0.2) is 11.0 Å². The highest BCUT2D eigenvalue weighted by Crippen LogP contribution is 2.37.